The fourth-order valence-electron chi connectivity index (χ4n) is 2.22. The summed E-state index contributed by atoms with van der Waals surface area (Å²) in [5.74, 6) is 0. The Kier molecular flexibility index (Phi) is 3.68. The van der Waals surface area contributed by atoms with E-state index in [4.69, 9.17) is 0 Å². The smallest absolute Gasteiger partial charge is 0.0457 e. The van der Waals surface area contributed by atoms with Gasteiger partial charge in [-0.2, -0.15) is 0 Å². The fraction of sp³-hybridized carbons (Fsp3) is 0.286. The van der Waals surface area contributed by atoms with Gasteiger partial charge in [0.15, 0.2) is 0 Å². The highest BCUT2D eigenvalue weighted by atomic mass is 79.9. The summed E-state index contributed by atoms with van der Waals surface area (Å²) in [6, 6.07) is 11.3. The van der Waals surface area contributed by atoms with Crippen LogP contribution < -0.4 is 10.6 Å². The molecule has 0 saturated carbocycles. The maximum absolute atomic E-state index is 3.58. The highest BCUT2D eigenvalue weighted by Gasteiger charge is 2.14. The second kappa shape index (κ2) is 5.43. The van der Waals surface area contributed by atoms with Crippen LogP contribution in [-0.4, -0.2) is 19.1 Å². The third kappa shape index (κ3) is 2.76. The van der Waals surface area contributed by atoms with Gasteiger partial charge in [0, 0.05) is 33.0 Å². The monoisotopic (exact) mass is 322 g/mol. The third-order valence-corrected chi connectivity index (χ3v) is 4.61. The Morgan fingerprint density at radius 3 is 3.06 bits per heavy atom. The first-order valence-electron chi connectivity index (χ1n) is 6.13. The molecule has 1 aromatic carbocycles. The Bertz CT molecular complexity index is 532. The highest BCUT2D eigenvalue weighted by Crippen LogP contribution is 2.31. The van der Waals surface area contributed by atoms with Crippen molar-refractivity contribution < 1.29 is 0 Å². The van der Waals surface area contributed by atoms with Gasteiger partial charge in [0.25, 0.3) is 0 Å². The van der Waals surface area contributed by atoms with Gasteiger partial charge < -0.3 is 10.6 Å². The number of benzene rings is 1. The molecule has 1 fully saturated rings. The first-order chi connectivity index (χ1) is 8.81. The molecule has 1 aliphatic heterocycles. The lowest BCUT2D eigenvalue weighted by molar-refractivity contribution is 0.794. The molecule has 2 aromatic rings. The molecule has 2 N–H and O–H groups in total. The van der Waals surface area contributed by atoms with Crippen LogP contribution in [0.2, 0.25) is 0 Å². The molecular formula is C14H15BrN2S. The Balaban J connectivity index is 1.76. The minimum atomic E-state index is 0.579. The average Bonchev–Trinajstić information content (AvgIpc) is 3.01. The number of rotatable bonds is 3. The summed E-state index contributed by atoms with van der Waals surface area (Å²) in [5, 5.41) is 9.16. The molecule has 18 heavy (non-hydrogen) atoms. The van der Waals surface area contributed by atoms with Gasteiger partial charge in [0.05, 0.1) is 0 Å². The van der Waals surface area contributed by atoms with E-state index in [2.05, 4.69) is 62.3 Å². The van der Waals surface area contributed by atoms with E-state index in [0.717, 1.165) is 17.6 Å². The molecule has 94 valence electrons. The third-order valence-electron chi connectivity index (χ3n) is 3.14. The minimum Gasteiger partial charge on any atom is -0.380 e. The van der Waals surface area contributed by atoms with Crippen molar-refractivity contribution in [2.24, 2.45) is 0 Å². The lowest BCUT2D eigenvalue weighted by Gasteiger charge is -2.10. The predicted octanol–water partition coefficient (Wildman–Crippen LogP) is 3.95. The quantitative estimate of drug-likeness (QED) is 0.894. The zero-order valence-corrected chi connectivity index (χ0v) is 12.4. The molecule has 0 spiro atoms. The lowest BCUT2D eigenvalue weighted by atomic mass is 10.2. The van der Waals surface area contributed by atoms with Crippen LogP contribution in [0.5, 0.6) is 0 Å². The first kappa shape index (κ1) is 12.2. The van der Waals surface area contributed by atoms with Crippen LogP contribution in [0.1, 0.15) is 6.42 Å². The van der Waals surface area contributed by atoms with Gasteiger partial charge in [-0.1, -0.05) is 28.1 Å². The van der Waals surface area contributed by atoms with Gasteiger partial charge in [-0.15, -0.1) is 11.3 Å². The van der Waals surface area contributed by atoms with Gasteiger partial charge in [0.1, 0.15) is 0 Å². The molecule has 2 nitrogen and oxygen atoms in total. The molecule has 0 radical (unpaired) electrons. The van der Waals surface area contributed by atoms with Crippen molar-refractivity contribution in [3.63, 3.8) is 0 Å². The number of nitrogens with one attached hydrogen (secondary N) is 2. The van der Waals surface area contributed by atoms with Crippen molar-refractivity contribution >= 4 is 33.0 Å². The summed E-state index contributed by atoms with van der Waals surface area (Å²) in [6.07, 6.45) is 1.21. The number of anilines is 1. The zero-order chi connectivity index (χ0) is 12.4. The van der Waals surface area contributed by atoms with Crippen LogP contribution in [0.3, 0.4) is 0 Å². The maximum atomic E-state index is 3.58. The van der Waals surface area contributed by atoms with Crippen molar-refractivity contribution in [3.8, 4) is 10.4 Å². The molecule has 1 aliphatic rings. The number of halogens is 1. The van der Waals surface area contributed by atoms with Crippen molar-refractivity contribution in [1.82, 2.24) is 5.32 Å². The maximum Gasteiger partial charge on any atom is 0.0457 e. The predicted molar refractivity (Wildman–Crippen MR) is 82.4 cm³/mol. The average molecular weight is 323 g/mol. The van der Waals surface area contributed by atoms with Crippen molar-refractivity contribution in [1.29, 1.82) is 0 Å². The Hall–Kier alpha value is -0.840. The largest absolute Gasteiger partial charge is 0.380 e. The number of thiophene rings is 1. The van der Waals surface area contributed by atoms with Crippen LogP contribution in [0.15, 0.2) is 40.2 Å². The SMILES string of the molecule is Brc1cccc(-c2cc(NC3CCNC3)cs2)c1. The molecule has 2 heterocycles. The van der Waals surface area contributed by atoms with E-state index in [1.54, 1.807) is 11.3 Å². The summed E-state index contributed by atoms with van der Waals surface area (Å²) in [7, 11) is 0. The van der Waals surface area contributed by atoms with Crippen molar-refractivity contribution in [2.75, 3.05) is 18.4 Å². The van der Waals surface area contributed by atoms with Gasteiger partial charge in [0.2, 0.25) is 0 Å². The molecule has 0 aliphatic carbocycles. The van der Waals surface area contributed by atoms with Crippen LogP contribution in [0.25, 0.3) is 10.4 Å². The van der Waals surface area contributed by atoms with Crippen LogP contribution in [-0.2, 0) is 0 Å². The summed E-state index contributed by atoms with van der Waals surface area (Å²) in [6.45, 7) is 2.20. The molecule has 0 bridgehead atoms. The van der Waals surface area contributed by atoms with Crippen LogP contribution in [0.4, 0.5) is 5.69 Å². The molecular weight excluding hydrogens is 308 g/mol. The van der Waals surface area contributed by atoms with Gasteiger partial charge in [-0.25, -0.2) is 0 Å². The van der Waals surface area contributed by atoms with E-state index >= 15 is 0 Å². The van der Waals surface area contributed by atoms with Crippen molar-refractivity contribution in [2.45, 2.75) is 12.5 Å². The van der Waals surface area contributed by atoms with Crippen molar-refractivity contribution in [3.05, 3.63) is 40.2 Å². The Morgan fingerprint density at radius 1 is 1.33 bits per heavy atom. The molecule has 1 atom stereocenters. The molecule has 1 aromatic heterocycles. The minimum absolute atomic E-state index is 0.579. The molecule has 1 saturated heterocycles. The molecule has 0 amide bonds. The van der Waals surface area contributed by atoms with E-state index < -0.39 is 0 Å². The van der Waals surface area contributed by atoms with E-state index in [-0.39, 0.29) is 0 Å². The second-order valence-corrected chi connectivity index (χ2v) is 6.37. The first-order valence-corrected chi connectivity index (χ1v) is 7.80. The van der Waals surface area contributed by atoms with Crippen LogP contribution >= 0.6 is 27.3 Å². The van der Waals surface area contributed by atoms with E-state index in [1.807, 2.05) is 0 Å². The fourth-order valence-corrected chi connectivity index (χ4v) is 3.47. The molecule has 3 rings (SSSR count). The molecule has 4 heteroatoms. The molecule has 1 unspecified atom stereocenters. The number of hydrogen-bond donors (Lipinski definition) is 2. The summed E-state index contributed by atoms with van der Waals surface area (Å²) in [4.78, 5) is 1.31. The topological polar surface area (TPSA) is 24.1 Å². The Morgan fingerprint density at radius 2 is 2.28 bits per heavy atom. The van der Waals surface area contributed by atoms with Gasteiger partial charge >= 0.3 is 0 Å². The summed E-state index contributed by atoms with van der Waals surface area (Å²) < 4.78 is 1.13. The number of hydrogen-bond acceptors (Lipinski definition) is 3. The van der Waals surface area contributed by atoms with Crippen LogP contribution in [0, 0.1) is 0 Å². The second-order valence-electron chi connectivity index (χ2n) is 4.54. The normalized spacial score (nSPS) is 19.1. The summed E-state index contributed by atoms with van der Waals surface area (Å²) in [5.41, 5.74) is 2.51. The van der Waals surface area contributed by atoms with E-state index in [0.29, 0.717) is 6.04 Å². The van der Waals surface area contributed by atoms with E-state index in [9.17, 15) is 0 Å². The summed E-state index contributed by atoms with van der Waals surface area (Å²) >= 11 is 5.31. The van der Waals surface area contributed by atoms with E-state index in [1.165, 1.54) is 22.5 Å². The van der Waals surface area contributed by atoms with Gasteiger partial charge in [-0.3, -0.25) is 0 Å². The van der Waals surface area contributed by atoms with Gasteiger partial charge in [-0.05, 0) is 36.7 Å². The highest BCUT2D eigenvalue weighted by molar-refractivity contribution is 9.10. The lowest BCUT2D eigenvalue weighted by Crippen LogP contribution is -2.21. The standard InChI is InChI=1S/C14H15BrN2S/c15-11-3-1-2-10(6-11)14-7-13(9-18-14)17-12-4-5-16-8-12/h1-3,6-7,9,12,16-17H,4-5,8H2. The Labute approximate surface area is 120 Å². The zero-order valence-electron chi connectivity index (χ0n) is 9.95.